The second-order valence-corrected chi connectivity index (χ2v) is 8.74. The zero-order valence-electron chi connectivity index (χ0n) is 15.8. The summed E-state index contributed by atoms with van der Waals surface area (Å²) in [6.07, 6.45) is 5.27. The minimum absolute atomic E-state index is 0.188. The predicted octanol–water partition coefficient (Wildman–Crippen LogP) is 3.95. The summed E-state index contributed by atoms with van der Waals surface area (Å²) in [5.74, 6) is -0.192. The van der Waals surface area contributed by atoms with Gasteiger partial charge < -0.3 is 5.32 Å². The maximum atomic E-state index is 12.8. The Balaban J connectivity index is 1.79. The highest BCUT2D eigenvalue weighted by atomic mass is 32.2. The molecule has 1 amide bonds. The van der Waals surface area contributed by atoms with Crippen molar-refractivity contribution in [2.75, 3.05) is 5.32 Å². The lowest BCUT2D eigenvalue weighted by Crippen LogP contribution is -2.28. The molecule has 0 radical (unpaired) electrons. The van der Waals surface area contributed by atoms with Crippen LogP contribution in [0.15, 0.2) is 47.4 Å². The van der Waals surface area contributed by atoms with Gasteiger partial charge in [-0.15, -0.1) is 0 Å². The number of anilines is 1. The van der Waals surface area contributed by atoms with Gasteiger partial charge in [-0.05, 0) is 73.1 Å². The third-order valence-corrected chi connectivity index (χ3v) is 6.45. The first-order valence-corrected chi connectivity index (χ1v) is 10.9. The van der Waals surface area contributed by atoms with Gasteiger partial charge in [0.05, 0.1) is 4.90 Å². The topological polar surface area (TPSA) is 75.3 Å². The van der Waals surface area contributed by atoms with Gasteiger partial charge in [0, 0.05) is 18.7 Å². The smallest absolute Gasteiger partial charge is 0.241 e. The molecule has 0 saturated heterocycles. The molecule has 1 aliphatic rings. The van der Waals surface area contributed by atoms with E-state index in [1.807, 2.05) is 13.0 Å². The fraction of sp³-hybridized carbons (Fsp3) is 0.381. The van der Waals surface area contributed by atoms with Crippen molar-refractivity contribution in [2.45, 2.75) is 56.9 Å². The number of amides is 1. The van der Waals surface area contributed by atoms with E-state index in [0.29, 0.717) is 12.1 Å². The van der Waals surface area contributed by atoms with Gasteiger partial charge in [-0.3, -0.25) is 4.79 Å². The molecule has 0 fully saturated rings. The third-order valence-electron chi connectivity index (χ3n) is 4.97. The van der Waals surface area contributed by atoms with Gasteiger partial charge in [0.15, 0.2) is 0 Å². The Morgan fingerprint density at radius 1 is 1.04 bits per heavy atom. The standard InChI is InChI=1S/C21H26N2O3S/c1-3-21(18-9-8-16-6-4-5-7-17(16)14-18)23-27(25,26)20-12-10-19(11-13-20)22-15(2)24/h8-14,21,23H,3-7H2,1-2H3,(H,22,24). The molecule has 2 aromatic rings. The van der Waals surface area contributed by atoms with E-state index in [9.17, 15) is 13.2 Å². The molecular formula is C21H26N2O3S. The van der Waals surface area contributed by atoms with E-state index in [-0.39, 0.29) is 16.8 Å². The summed E-state index contributed by atoms with van der Waals surface area (Å²) in [6, 6.07) is 12.3. The van der Waals surface area contributed by atoms with E-state index < -0.39 is 10.0 Å². The second kappa shape index (κ2) is 8.23. The molecule has 6 heteroatoms. The first-order chi connectivity index (χ1) is 12.9. The lowest BCUT2D eigenvalue weighted by atomic mass is 9.89. The van der Waals surface area contributed by atoms with Crippen molar-refractivity contribution >= 4 is 21.6 Å². The van der Waals surface area contributed by atoms with Crippen LogP contribution in [0.5, 0.6) is 0 Å². The van der Waals surface area contributed by atoms with Crippen molar-refractivity contribution in [1.82, 2.24) is 4.72 Å². The third kappa shape index (κ3) is 4.76. The van der Waals surface area contributed by atoms with Crippen LogP contribution in [0.25, 0.3) is 0 Å². The lowest BCUT2D eigenvalue weighted by Gasteiger charge is -2.21. The summed E-state index contributed by atoms with van der Waals surface area (Å²) < 4.78 is 28.4. The number of fused-ring (bicyclic) bond motifs is 1. The SMILES string of the molecule is CCC(NS(=O)(=O)c1ccc(NC(C)=O)cc1)c1ccc2c(c1)CCCC2. The average molecular weight is 387 g/mol. The first kappa shape index (κ1) is 19.6. The molecule has 0 aromatic heterocycles. The zero-order valence-corrected chi connectivity index (χ0v) is 16.6. The molecule has 0 heterocycles. The second-order valence-electron chi connectivity index (χ2n) is 7.02. The van der Waals surface area contributed by atoms with E-state index in [2.05, 4.69) is 22.2 Å². The molecule has 1 atom stereocenters. The number of hydrogen-bond donors (Lipinski definition) is 2. The van der Waals surface area contributed by atoms with Crippen LogP contribution in [0.4, 0.5) is 5.69 Å². The van der Waals surface area contributed by atoms with Crippen LogP contribution in [-0.4, -0.2) is 14.3 Å². The minimum atomic E-state index is -3.65. The molecule has 2 N–H and O–H groups in total. The number of nitrogens with one attached hydrogen (secondary N) is 2. The zero-order chi connectivity index (χ0) is 19.4. The van der Waals surface area contributed by atoms with Crippen molar-refractivity contribution in [1.29, 1.82) is 0 Å². The van der Waals surface area contributed by atoms with E-state index in [4.69, 9.17) is 0 Å². The molecule has 1 unspecified atom stereocenters. The van der Waals surface area contributed by atoms with Crippen molar-refractivity contribution < 1.29 is 13.2 Å². The Hall–Kier alpha value is -2.18. The van der Waals surface area contributed by atoms with Gasteiger partial charge in [-0.25, -0.2) is 13.1 Å². The number of rotatable bonds is 6. The molecule has 0 saturated carbocycles. The Bertz CT molecular complexity index is 921. The Morgan fingerprint density at radius 3 is 2.33 bits per heavy atom. The van der Waals surface area contributed by atoms with Gasteiger partial charge in [0.25, 0.3) is 0 Å². The molecule has 1 aliphatic carbocycles. The molecule has 0 bridgehead atoms. The summed E-state index contributed by atoms with van der Waals surface area (Å²) in [5.41, 5.74) is 4.31. The quantitative estimate of drug-likeness (QED) is 0.789. The van der Waals surface area contributed by atoms with Crippen LogP contribution in [0, 0.1) is 0 Å². The molecule has 3 rings (SSSR count). The van der Waals surface area contributed by atoms with Crippen LogP contribution in [0.2, 0.25) is 0 Å². The Labute approximate surface area is 161 Å². The number of benzene rings is 2. The highest BCUT2D eigenvalue weighted by Crippen LogP contribution is 2.27. The first-order valence-electron chi connectivity index (χ1n) is 9.40. The summed E-state index contributed by atoms with van der Waals surface area (Å²) in [4.78, 5) is 11.3. The van der Waals surface area contributed by atoms with Crippen LogP contribution in [0.1, 0.15) is 55.8 Å². The molecule has 5 nitrogen and oxygen atoms in total. The average Bonchev–Trinajstić information content (AvgIpc) is 2.65. The van der Waals surface area contributed by atoms with Crippen molar-refractivity contribution in [3.63, 3.8) is 0 Å². The van der Waals surface area contributed by atoms with Crippen molar-refractivity contribution in [2.24, 2.45) is 0 Å². The molecule has 144 valence electrons. The van der Waals surface area contributed by atoms with Crippen LogP contribution < -0.4 is 10.0 Å². The predicted molar refractivity (Wildman–Crippen MR) is 107 cm³/mol. The summed E-state index contributed by atoms with van der Waals surface area (Å²) in [6.45, 7) is 3.39. The summed E-state index contributed by atoms with van der Waals surface area (Å²) >= 11 is 0. The fourth-order valence-electron chi connectivity index (χ4n) is 3.53. The highest BCUT2D eigenvalue weighted by molar-refractivity contribution is 7.89. The highest BCUT2D eigenvalue weighted by Gasteiger charge is 2.21. The van der Waals surface area contributed by atoms with Crippen LogP contribution in [0.3, 0.4) is 0 Å². The Morgan fingerprint density at radius 2 is 1.70 bits per heavy atom. The number of hydrogen-bond acceptors (Lipinski definition) is 3. The maximum absolute atomic E-state index is 12.8. The van der Waals surface area contributed by atoms with Crippen molar-refractivity contribution in [3.8, 4) is 0 Å². The Kier molecular flexibility index (Phi) is 5.97. The molecule has 0 spiro atoms. The van der Waals surface area contributed by atoms with Gasteiger partial charge >= 0.3 is 0 Å². The van der Waals surface area contributed by atoms with Gasteiger partial charge in [-0.1, -0.05) is 25.1 Å². The van der Waals surface area contributed by atoms with Gasteiger partial charge in [0.1, 0.15) is 0 Å². The molecule has 27 heavy (non-hydrogen) atoms. The fourth-order valence-corrected chi connectivity index (χ4v) is 4.84. The van der Waals surface area contributed by atoms with Crippen LogP contribution in [-0.2, 0) is 27.7 Å². The van der Waals surface area contributed by atoms with Crippen molar-refractivity contribution in [3.05, 3.63) is 59.2 Å². The minimum Gasteiger partial charge on any atom is -0.326 e. The molecular weight excluding hydrogens is 360 g/mol. The van der Waals surface area contributed by atoms with E-state index in [0.717, 1.165) is 18.4 Å². The molecule has 2 aromatic carbocycles. The monoisotopic (exact) mass is 386 g/mol. The van der Waals surface area contributed by atoms with E-state index in [1.165, 1.54) is 43.0 Å². The number of aryl methyl sites for hydroxylation is 2. The maximum Gasteiger partial charge on any atom is 0.241 e. The van der Waals surface area contributed by atoms with Gasteiger partial charge in [0.2, 0.25) is 15.9 Å². The lowest BCUT2D eigenvalue weighted by molar-refractivity contribution is -0.114. The largest absolute Gasteiger partial charge is 0.326 e. The van der Waals surface area contributed by atoms with E-state index in [1.54, 1.807) is 12.1 Å². The number of sulfonamides is 1. The summed E-state index contributed by atoms with van der Waals surface area (Å²) in [5, 5.41) is 2.64. The number of carbonyl (C=O) groups excluding carboxylic acids is 1. The normalized spacial score (nSPS) is 15.0. The van der Waals surface area contributed by atoms with E-state index >= 15 is 0 Å². The number of carbonyl (C=O) groups is 1. The van der Waals surface area contributed by atoms with Gasteiger partial charge in [-0.2, -0.15) is 0 Å². The van der Waals surface area contributed by atoms with Crippen LogP contribution >= 0.6 is 0 Å². The molecule has 0 aliphatic heterocycles. The summed E-state index contributed by atoms with van der Waals surface area (Å²) in [7, 11) is -3.65.